The summed E-state index contributed by atoms with van der Waals surface area (Å²) in [6.45, 7) is 5.53. The van der Waals surface area contributed by atoms with E-state index in [4.69, 9.17) is 11.6 Å². The average Bonchev–Trinajstić information content (AvgIpc) is 2.05. The maximum atomic E-state index is 11.6. The topological polar surface area (TPSA) is 72.3 Å². The zero-order valence-electron chi connectivity index (χ0n) is 8.58. The van der Waals surface area contributed by atoms with Crippen LogP contribution in [0.1, 0.15) is 33.6 Å². The normalized spacial score (nSPS) is 12.0. The van der Waals surface area contributed by atoms with Crippen LogP contribution in [-0.2, 0) is 4.79 Å². The standard InChI is InChI=1S/C9H19N3O/c1-4-5-8(13)9(2,3)12(11)7-6-10/h6-7H,4-5,10-11H2,1-3H3/b7-6-. The van der Waals surface area contributed by atoms with E-state index in [1.807, 2.05) is 6.92 Å². The van der Waals surface area contributed by atoms with Crippen LogP contribution in [0.25, 0.3) is 0 Å². The molecule has 0 bridgehead atoms. The SMILES string of the molecule is CCCC(=O)C(C)(C)N(N)/C=C\N. The molecule has 4 heteroatoms. The van der Waals surface area contributed by atoms with E-state index in [1.54, 1.807) is 13.8 Å². The number of hydrogen-bond donors (Lipinski definition) is 2. The van der Waals surface area contributed by atoms with Crippen molar-refractivity contribution < 1.29 is 4.79 Å². The Hall–Kier alpha value is -1.03. The van der Waals surface area contributed by atoms with Gasteiger partial charge in [0.05, 0.1) is 0 Å². The minimum absolute atomic E-state index is 0.121. The summed E-state index contributed by atoms with van der Waals surface area (Å²) in [4.78, 5) is 11.6. The molecular weight excluding hydrogens is 166 g/mol. The van der Waals surface area contributed by atoms with Crippen LogP contribution in [0.3, 0.4) is 0 Å². The van der Waals surface area contributed by atoms with Crippen LogP contribution in [0.2, 0.25) is 0 Å². The maximum absolute atomic E-state index is 11.6. The van der Waals surface area contributed by atoms with Crippen LogP contribution < -0.4 is 11.6 Å². The lowest BCUT2D eigenvalue weighted by atomic mass is 9.95. The molecule has 0 heterocycles. The number of Topliss-reactive ketones (excluding diaryl/α,β-unsaturated/α-hetero) is 1. The van der Waals surface area contributed by atoms with E-state index in [2.05, 4.69) is 0 Å². The van der Waals surface area contributed by atoms with Crippen LogP contribution in [-0.4, -0.2) is 16.3 Å². The van der Waals surface area contributed by atoms with Crippen LogP contribution in [0.15, 0.2) is 12.4 Å². The zero-order chi connectivity index (χ0) is 10.5. The molecule has 0 unspecified atom stereocenters. The van der Waals surface area contributed by atoms with E-state index in [1.165, 1.54) is 17.4 Å². The molecule has 0 amide bonds. The molecule has 4 nitrogen and oxygen atoms in total. The van der Waals surface area contributed by atoms with Gasteiger partial charge in [0.2, 0.25) is 0 Å². The number of rotatable bonds is 5. The summed E-state index contributed by atoms with van der Waals surface area (Å²) in [5, 5.41) is 1.34. The molecule has 0 aliphatic carbocycles. The summed E-state index contributed by atoms with van der Waals surface area (Å²) in [6.07, 6.45) is 4.19. The smallest absolute Gasteiger partial charge is 0.159 e. The quantitative estimate of drug-likeness (QED) is 0.489. The largest absolute Gasteiger partial charge is 0.403 e. The molecule has 0 aliphatic rings. The molecule has 0 fully saturated rings. The Labute approximate surface area is 79.5 Å². The molecule has 0 aromatic carbocycles. The van der Waals surface area contributed by atoms with Crippen molar-refractivity contribution in [3.05, 3.63) is 12.4 Å². The van der Waals surface area contributed by atoms with Gasteiger partial charge in [0, 0.05) is 18.8 Å². The van der Waals surface area contributed by atoms with Gasteiger partial charge in [0.25, 0.3) is 0 Å². The van der Waals surface area contributed by atoms with Gasteiger partial charge in [0.1, 0.15) is 5.54 Å². The summed E-state index contributed by atoms with van der Waals surface area (Å²) in [5.74, 6) is 5.76. The van der Waals surface area contributed by atoms with E-state index < -0.39 is 5.54 Å². The molecule has 76 valence electrons. The highest BCUT2D eigenvalue weighted by Crippen LogP contribution is 2.14. The van der Waals surface area contributed by atoms with Gasteiger partial charge in [-0.15, -0.1) is 0 Å². The van der Waals surface area contributed by atoms with Crippen molar-refractivity contribution in [2.24, 2.45) is 11.6 Å². The Morgan fingerprint density at radius 3 is 2.46 bits per heavy atom. The summed E-state index contributed by atoms with van der Waals surface area (Å²) in [6, 6.07) is 0. The van der Waals surface area contributed by atoms with Crippen molar-refractivity contribution in [1.82, 2.24) is 5.01 Å². The Balaban J connectivity index is 4.44. The first-order chi connectivity index (χ1) is 5.96. The second kappa shape index (κ2) is 4.87. The van der Waals surface area contributed by atoms with E-state index in [9.17, 15) is 4.79 Å². The molecule has 0 atom stereocenters. The number of ketones is 1. The van der Waals surface area contributed by atoms with Gasteiger partial charge < -0.3 is 10.7 Å². The molecule has 0 saturated carbocycles. The third-order valence-electron chi connectivity index (χ3n) is 2.05. The summed E-state index contributed by atoms with van der Waals surface area (Å²) in [7, 11) is 0. The maximum Gasteiger partial charge on any atom is 0.159 e. The van der Waals surface area contributed by atoms with Gasteiger partial charge in [-0.2, -0.15) is 0 Å². The number of carbonyl (C=O) groups excluding carboxylic acids is 1. The molecule has 0 spiro atoms. The first-order valence-corrected chi connectivity index (χ1v) is 4.42. The van der Waals surface area contributed by atoms with Gasteiger partial charge in [0.15, 0.2) is 5.78 Å². The van der Waals surface area contributed by atoms with Gasteiger partial charge >= 0.3 is 0 Å². The molecule has 0 aliphatic heterocycles. The molecule has 0 aromatic heterocycles. The average molecular weight is 185 g/mol. The minimum Gasteiger partial charge on any atom is -0.403 e. The van der Waals surface area contributed by atoms with E-state index in [0.717, 1.165) is 6.42 Å². The van der Waals surface area contributed by atoms with Crippen LogP contribution in [0.5, 0.6) is 0 Å². The van der Waals surface area contributed by atoms with Crippen molar-refractivity contribution in [3.63, 3.8) is 0 Å². The Bertz CT molecular complexity index is 199. The lowest BCUT2D eigenvalue weighted by molar-refractivity contribution is -0.128. The van der Waals surface area contributed by atoms with Crippen molar-refractivity contribution >= 4 is 5.78 Å². The molecular formula is C9H19N3O. The highest BCUT2D eigenvalue weighted by Gasteiger charge is 2.29. The van der Waals surface area contributed by atoms with Crippen LogP contribution >= 0.6 is 0 Å². The van der Waals surface area contributed by atoms with E-state index >= 15 is 0 Å². The zero-order valence-corrected chi connectivity index (χ0v) is 8.58. The minimum atomic E-state index is -0.675. The van der Waals surface area contributed by atoms with Crippen molar-refractivity contribution in [2.75, 3.05) is 0 Å². The van der Waals surface area contributed by atoms with E-state index in [0.29, 0.717) is 6.42 Å². The number of nitrogens with zero attached hydrogens (tertiary/aromatic N) is 1. The number of carbonyl (C=O) groups is 1. The molecule has 0 radical (unpaired) electrons. The molecule has 0 aromatic rings. The number of hydrazine groups is 1. The monoisotopic (exact) mass is 185 g/mol. The first-order valence-electron chi connectivity index (χ1n) is 4.42. The Morgan fingerprint density at radius 2 is 2.08 bits per heavy atom. The number of nitrogens with two attached hydrogens (primary N) is 2. The first kappa shape index (κ1) is 12.0. The van der Waals surface area contributed by atoms with Crippen LogP contribution in [0, 0.1) is 0 Å². The molecule has 13 heavy (non-hydrogen) atoms. The summed E-state index contributed by atoms with van der Waals surface area (Å²) in [5.41, 5.74) is 4.51. The van der Waals surface area contributed by atoms with Gasteiger partial charge in [-0.3, -0.25) is 4.79 Å². The fourth-order valence-corrected chi connectivity index (χ4v) is 0.956. The summed E-state index contributed by atoms with van der Waals surface area (Å²) < 4.78 is 0. The van der Waals surface area contributed by atoms with Crippen molar-refractivity contribution in [1.29, 1.82) is 0 Å². The van der Waals surface area contributed by atoms with Crippen molar-refractivity contribution in [2.45, 2.75) is 39.2 Å². The van der Waals surface area contributed by atoms with Crippen molar-refractivity contribution in [3.8, 4) is 0 Å². The van der Waals surface area contributed by atoms with Gasteiger partial charge in [-0.1, -0.05) is 6.92 Å². The predicted octanol–water partition coefficient (Wildman–Crippen LogP) is 0.740. The van der Waals surface area contributed by atoms with Gasteiger partial charge in [-0.05, 0) is 20.3 Å². The third-order valence-corrected chi connectivity index (χ3v) is 2.05. The Morgan fingerprint density at radius 1 is 1.54 bits per heavy atom. The molecule has 0 rings (SSSR count). The molecule has 4 N–H and O–H groups in total. The fourth-order valence-electron chi connectivity index (χ4n) is 0.956. The fraction of sp³-hybridized carbons (Fsp3) is 0.667. The lowest BCUT2D eigenvalue weighted by Crippen LogP contribution is -2.51. The second-order valence-electron chi connectivity index (χ2n) is 3.48. The third kappa shape index (κ3) is 3.06. The highest BCUT2D eigenvalue weighted by molar-refractivity contribution is 5.87. The molecule has 0 saturated heterocycles. The highest BCUT2D eigenvalue weighted by atomic mass is 16.1. The summed E-state index contributed by atoms with van der Waals surface area (Å²) >= 11 is 0. The van der Waals surface area contributed by atoms with E-state index in [-0.39, 0.29) is 5.78 Å². The van der Waals surface area contributed by atoms with Crippen LogP contribution in [0.4, 0.5) is 0 Å². The van der Waals surface area contributed by atoms with Gasteiger partial charge in [-0.25, -0.2) is 5.84 Å². The number of hydrogen-bond acceptors (Lipinski definition) is 4. The predicted molar refractivity (Wildman–Crippen MR) is 53.3 cm³/mol. The lowest BCUT2D eigenvalue weighted by Gasteiger charge is -2.32. The second-order valence-corrected chi connectivity index (χ2v) is 3.48. The Kier molecular flexibility index (Phi) is 4.48.